The van der Waals surface area contributed by atoms with Crippen LogP contribution < -0.4 is 10.1 Å². The second kappa shape index (κ2) is 5.81. The lowest BCUT2D eigenvalue weighted by molar-refractivity contribution is 0.285. The number of pyridine rings is 1. The van der Waals surface area contributed by atoms with Crippen LogP contribution in [-0.4, -0.2) is 15.1 Å². The molecular weight excluding hydrogens is 292 g/mol. The smallest absolute Gasteiger partial charge is 0.258 e. The molecule has 0 amide bonds. The highest BCUT2D eigenvalue weighted by Gasteiger charge is 2.20. The summed E-state index contributed by atoms with van der Waals surface area (Å²) in [5, 5.41) is 7.29. The average Bonchev–Trinajstić information content (AvgIpc) is 3.23. The molecule has 1 aliphatic rings. The molecule has 0 bridgehead atoms. The highest BCUT2D eigenvalue weighted by molar-refractivity contribution is 5.60. The van der Waals surface area contributed by atoms with E-state index < -0.39 is 0 Å². The molecule has 0 atom stereocenters. The first kappa shape index (κ1) is 13.9. The van der Waals surface area contributed by atoms with Gasteiger partial charge in [-0.05, 0) is 24.6 Å². The van der Waals surface area contributed by atoms with Gasteiger partial charge in [0.25, 0.3) is 5.89 Å². The number of aromatic nitrogens is 3. The number of nitrogens with zero attached hydrogens (tertiary/aromatic N) is 3. The van der Waals surface area contributed by atoms with Gasteiger partial charge in [-0.25, -0.2) is 0 Å². The summed E-state index contributed by atoms with van der Waals surface area (Å²) in [4.78, 5) is 8.81. The van der Waals surface area contributed by atoms with Gasteiger partial charge in [0.15, 0.2) is 6.61 Å². The maximum atomic E-state index is 5.75. The fourth-order valence-electron chi connectivity index (χ4n) is 2.67. The predicted molar refractivity (Wildman–Crippen MR) is 83.6 cm³/mol. The van der Waals surface area contributed by atoms with E-state index in [4.69, 9.17) is 9.26 Å². The molecule has 2 aromatic heterocycles. The minimum Gasteiger partial charge on any atom is -0.485 e. The molecule has 6 heteroatoms. The van der Waals surface area contributed by atoms with Crippen LogP contribution in [-0.2, 0) is 19.7 Å². The third kappa shape index (κ3) is 2.68. The third-order valence-electron chi connectivity index (χ3n) is 3.89. The Morgan fingerprint density at radius 2 is 2.13 bits per heavy atom. The van der Waals surface area contributed by atoms with Crippen LogP contribution in [0.15, 0.2) is 41.1 Å². The Morgan fingerprint density at radius 3 is 3.04 bits per heavy atom. The highest BCUT2D eigenvalue weighted by Crippen LogP contribution is 2.26. The van der Waals surface area contributed by atoms with Gasteiger partial charge in [-0.15, -0.1) is 0 Å². The van der Waals surface area contributed by atoms with Crippen LogP contribution in [0.2, 0.25) is 0 Å². The van der Waals surface area contributed by atoms with Gasteiger partial charge >= 0.3 is 0 Å². The molecule has 116 valence electrons. The Hall–Kier alpha value is -2.73. The summed E-state index contributed by atoms with van der Waals surface area (Å²) >= 11 is 0. The number of para-hydroxylation sites is 1. The van der Waals surface area contributed by atoms with E-state index in [0.29, 0.717) is 11.7 Å². The Kier molecular flexibility index (Phi) is 3.51. The number of hydrogen-bond donors (Lipinski definition) is 1. The average molecular weight is 308 g/mol. The Bertz CT molecular complexity index is 844. The topological polar surface area (TPSA) is 73.1 Å². The fourth-order valence-corrected chi connectivity index (χ4v) is 2.67. The maximum Gasteiger partial charge on any atom is 0.258 e. The van der Waals surface area contributed by atoms with Crippen LogP contribution in [0.4, 0.5) is 0 Å². The molecule has 3 heterocycles. The van der Waals surface area contributed by atoms with Crippen molar-refractivity contribution in [1.29, 1.82) is 0 Å². The lowest BCUT2D eigenvalue weighted by Crippen LogP contribution is -2.00. The largest absolute Gasteiger partial charge is 0.485 e. The van der Waals surface area contributed by atoms with Crippen molar-refractivity contribution in [2.24, 2.45) is 0 Å². The van der Waals surface area contributed by atoms with E-state index in [1.165, 1.54) is 0 Å². The molecule has 4 rings (SSSR count). The second-order valence-electron chi connectivity index (χ2n) is 5.46. The van der Waals surface area contributed by atoms with E-state index in [2.05, 4.69) is 20.4 Å². The summed E-state index contributed by atoms with van der Waals surface area (Å²) in [7, 11) is 0. The molecule has 1 aromatic carbocycles. The molecule has 1 aliphatic heterocycles. The van der Waals surface area contributed by atoms with Crippen molar-refractivity contribution in [1.82, 2.24) is 20.4 Å². The number of nitrogens with one attached hydrogen (secondary N) is 1. The van der Waals surface area contributed by atoms with E-state index >= 15 is 0 Å². The maximum absolute atomic E-state index is 5.75. The van der Waals surface area contributed by atoms with Crippen LogP contribution in [0, 0.1) is 6.92 Å². The monoisotopic (exact) mass is 308 g/mol. The normalized spacial score (nSPS) is 13.1. The van der Waals surface area contributed by atoms with Crippen LogP contribution in [0.3, 0.4) is 0 Å². The quantitative estimate of drug-likeness (QED) is 0.798. The van der Waals surface area contributed by atoms with Gasteiger partial charge < -0.3 is 14.6 Å². The SMILES string of the molecule is Cc1ccccc1OCc1noc(-c2ccnc3c2CNC3)n1. The molecule has 0 saturated heterocycles. The van der Waals surface area contributed by atoms with E-state index in [1.807, 2.05) is 37.3 Å². The van der Waals surface area contributed by atoms with Crippen molar-refractivity contribution in [2.75, 3.05) is 0 Å². The van der Waals surface area contributed by atoms with Gasteiger partial charge in [0.2, 0.25) is 5.82 Å². The number of hydrogen-bond acceptors (Lipinski definition) is 6. The molecule has 6 nitrogen and oxygen atoms in total. The summed E-state index contributed by atoms with van der Waals surface area (Å²) in [6.45, 7) is 3.83. The number of fused-ring (bicyclic) bond motifs is 1. The van der Waals surface area contributed by atoms with Gasteiger partial charge in [-0.3, -0.25) is 4.98 Å². The fraction of sp³-hybridized carbons (Fsp3) is 0.235. The van der Waals surface area contributed by atoms with Gasteiger partial charge in [0.05, 0.1) is 5.69 Å². The van der Waals surface area contributed by atoms with E-state index in [9.17, 15) is 0 Å². The van der Waals surface area contributed by atoms with Crippen LogP contribution in [0.25, 0.3) is 11.5 Å². The first-order valence-electron chi connectivity index (χ1n) is 7.50. The molecule has 3 aromatic rings. The summed E-state index contributed by atoms with van der Waals surface area (Å²) in [6.07, 6.45) is 1.77. The Morgan fingerprint density at radius 1 is 1.22 bits per heavy atom. The zero-order valence-electron chi connectivity index (χ0n) is 12.7. The summed E-state index contributed by atoms with van der Waals surface area (Å²) in [5.41, 5.74) is 4.19. The van der Waals surface area contributed by atoms with Crippen molar-refractivity contribution in [2.45, 2.75) is 26.6 Å². The second-order valence-corrected chi connectivity index (χ2v) is 5.46. The van der Waals surface area contributed by atoms with E-state index in [1.54, 1.807) is 6.20 Å². The molecule has 0 spiro atoms. The third-order valence-corrected chi connectivity index (χ3v) is 3.89. The van der Waals surface area contributed by atoms with Crippen molar-refractivity contribution < 1.29 is 9.26 Å². The number of ether oxygens (including phenoxy) is 1. The van der Waals surface area contributed by atoms with Crippen LogP contribution in [0.5, 0.6) is 5.75 Å². The molecule has 0 aliphatic carbocycles. The Labute approximate surface area is 133 Å². The van der Waals surface area contributed by atoms with Gasteiger partial charge in [0, 0.05) is 30.4 Å². The highest BCUT2D eigenvalue weighted by atomic mass is 16.5. The van der Waals surface area contributed by atoms with E-state index in [-0.39, 0.29) is 6.61 Å². The molecular formula is C17H16N4O2. The van der Waals surface area contributed by atoms with Gasteiger partial charge in [0.1, 0.15) is 5.75 Å². The predicted octanol–water partition coefficient (Wildman–Crippen LogP) is 2.62. The van der Waals surface area contributed by atoms with E-state index in [0.717, 1.165) is 41.2 Å². The Balaban J connectivity index is 1.54. The van der Waals surface area contributed by atoms with Crippen molar-refractivity contribution >= 4 is 0 Å². The molecule has 23 heavy (non-hydrogen) atoms. The molecule has 0 saturated carbocycles. The lowest BCUT2D eigenvalue weighted by Gasteiger charge is -2.05. The van der Waals surface area contributed by atoms with Crippen LogP contribution in [0.1, 0.15) is 22.6 Å². The summed E-state index contributed by atoms with van der Waals surface area (Å²) in [6, 6.07) is 9.76. The molecule has 0 unspecified atom stereocenters. The van der Waals surface area contributed by atoms with Crippen molar-refractivity contribution in [3.63, 3.8) is 0 Å². The standard InChI is InChI=1S/C17H16N4O2/c1-11-4-2-3-5-15(11)22-10-16-20-17(23-21-16)12-6-7-19-14-9-18-8-13(12)14/h2-7,18H,8-10H2,1H3. The molecule has 0 fully saturated rings. The number of aryl methyl sites for hydroxylation is 1. The lowest BCUT2D eigenvalue weighted by atomic mass is 10.1. The first-order valence-corrected chi connectivity index (χ1v) is 7.50. The summed E-state index contributed by atoms with van der Waals surface area (Å²) in [5.74, 6) is 1.86. The van der Waals surface area contributed by atoms with Crippen molar-refractivity contribution in [3.8, 4) is 17.2 Å². The zero-order valence-corrected chi connectivity index (χ0v) is 12.7. The molecule has 0 radical (unpaired) electrons. The summed E-state index contributed by atoms with van der Waals surface area (Å²) < 4.78 is 11.2. The number of rotatable bonds is 4. The van der Waals surface area contributed by atoms with Gasteiger partial charge in [-0.1, -0.05) is 23.4 Å². The van der Waals surface area contributed by atoms with Gasteiger partial charge in [-0.2, -0.15) is 4.98 Å². The minimum absolute atomic E-state index is 0.278. The first-order chi connectivity index (χ1) is 11.3. The van der Waals surface area contributed by atoms with Crippen molar-refractivity contribution in [3.05, 3.63) is 59.2 Å². The number of benzene rings is 1. The minimum atomic E-state index is 0.278. The van der Waals surface area contributed by atoms with Crippen LogP contribution >= 0.6 is 0 Å². The molecule has 1 N–H and O–H groups in total. The zero-order chi connectivity index (χ0) is 15.6.